The minimum absolute atomic E-state index is 0.392. The highest BCUT2D eigenvalue weighted by Crippen LogP contribution is 2.35. The van der Waals surface area contributed by atoms with Gasteiger partial charge in [0.05, 0.1) is 18.2 Å². The molecule has 0 saturated heterocycles. The second kappa shape index (κ2) is 6.49. The van der Waals surface area contributed by atoms with Crippen molar-refractivity contribution >= 4 is 34.0 Å². The van der Waals surface area contributed by atoms with Gasteiger partial charge < -0.3 is 21.1 Å². The van der Waals surface area contributed by atoms with Crippen molar-refractivity contribution in [2.45, 2.75) is 19.9 Å². The molecule has 0 aromatic heterocycles. The van der Waals surface area contributed by atoms with Gasteiger partial charge in [-0.2, -0.15) is 0 Å². The molecule has 1 atom stereocenters. The van der Waals surface area contributed by atoms with Crippen molar-refractivity contribution in [3.63, 3.8) is 0 Å². The van der Waals surface area contributed by atoms with Crippen LogP contribution in [-0.4, -0.2) is 17.6 Å². The molecular weight excluding hydrogens is 322 g/mol. The van der Waals surface area contributed by atoms with Crippen LogP contribution < -0.4 is 21.1 Å². The Balaban J connectivity index is 2.22. The van der Waals surface area contributed by atoms with Gasteiger partial charge in [-0.1, -0.05) is 30.3 Å². The highest BCUT2D eigenvalue weighted by Gasteiger charge is 2.29. The third-order valence-corrected chi connectivity index (χ3v) is 4.28. The van der Waals surface area contributed by atoms with Gasteiger partial charge >= 0.3 is 0 Å². The average molecular weight is 341 g/mol. The van der Waals surface area contributed by atoms with Gasteiger partial charge in [-0.3, -0.25) is 4.79 Å². The van der Waals surface area contributed by atoms with Crippen LogP contribution >= 0.6 is 12.2 Å². The molecule has 4 N–H and O–H groups in total. The van der Waals surface area contributed by atoms with Gasteiger partial charge in [0.25, 0.3) is 0 Å². The fourth-order valence-corrected chi connectivity index (χ4v) is 3.35. The Bertz CT molecular complexity index is 860. The number of primary amides is 1. The first-order valence-electron chi connectivity index (χ1n) is 7.75. The van der Waals surface area contributed by atoms with Crippen LogP contribution in [0.25, 0.3) is 10.8 Å². The first kappa shape index (κ1) is 16.3. The number of hydrogen-bond donors (Lipinski definition) is 3. The fraction of sp³-hybridized carbons (Fsp3) is 0.222. The van der Waals surface area contributed by atoms with E-state index in [-0.39, 0.29) is 0 Å². The summed E-state index contributed by atoms with van der Waals surface area (Å²) in [6.07, 6.45) is 0. The molecule has 1 aliphatic rings. The molecule has 24 heavy (non-hydrogen) atoms. The van der Waals surface area contributed by atoms with Crippen molar-refractivity contribution in [2.75, 3.05) is 6.61 Å². The van der Waals surface area contributed by atoms with Gasteiger partial charge in [0, 0.05) is 11.1 Å². The molecule has 0 fully saturated rings. The normalized spacial score (nSPS) is 17.4. The van der Waals surface area contributed by atoms with Crippen LogP contribution in [0.4, 0.5) is 0 Å². The van der Waals surface area contributed by atoms with E-state index in [1.54, 1.807) is 6.92 Å². The van der Waals surface area contributed by atoms with E-state index in [0.29, 0.717) is 23.0 Å². The predicted octanol–water partition coefficient (Wildman–Crippen LogP) is 2.52. The van der Waals surface area contributed by atoms with Crippen molar-refractivity contribution in [1.82, 2.24) is 10.6 Å². The maximum Gasteiger partial charge on any atom is 0.248 e. The van der Waals surface area contributed by atoms with Gasteiger partial charge in [-0.15, -0.1) is 0 Å². The Morgan fingerprint density at radius 2 is 1.96 bits per heavy atom. The molecule has 0 bridgehead atoms. The number of carbonyl (C=O) groups is 1. The zero-order chi connectivity index (χ0) is 17.3. The minimum Gasteiger partial charge on any atom is -0.493 e. The van der Waals surface area contributed by atoms with Crippen LogP contribution in [0.3, 0.4) is 0 Å². The van der Waals surface area contributed by atoms with Crippen LogP contribution in [0.5, 0.6) is 5.75 Å². The van der Waals surface area contributed by atoms with Gasteiger partial charge in [0.15, 0.2) is 5.11 Å². The highest BCUT2D eigenvalue weighted by molar-refractivity contribution is 7.80. The molecule has 1 aliphatic heterocycles. The molecule has 0 spiro atoms. The van der Waals surface area contributed by atoms with E-state index in [1.807, 2.05) is 43.3 Å². The zero-order valence-corrected chi connectivity index (χ0v) is 14.4. The Morgan fingerprint density at radius 3 is 2.62 bits per heavy atom. The van der Waals surface area contributed by atoms with Crippen LogP contribution in [0.15, 0.2) is 47.7 Å². The lowest BCUT2D eigenvalue weighted by atomic mass is 9.91. The van der Waals surface area contributed by atoms with Crippen molar-refractivity contribution in [3.8, 4) is 5.75 Å². The summed E-state index contributed by atoms with van der Waals surface area (Å²) in [5, 5.41) is 8.58. The molecule has 0 unspecified atom stereocenters. The van der Waals surface area contributed by atoms with E-state index in [0.717, 1.165) is 22.1 Å². The number of rotatable bonds is 4. The lowest BCUT2D eigenvalue weighted by Crippen LogP contribution is -2.46. The van der Waals surface area contributed by atoms with E-state index < -0.39 is 11.9 Å². The Labute approximate surface area is 145 Å². The second-order valence-electron chi connectivity index (χ2n) is 5.57. The molecule has 1 amide bonds. The van der Waals surface area contributed by atoms with E-state index >= 15 is 0 Å². The summed E-state index contributed by atoms with van der Waals surface area (Å²) in [4.78, 5) is 12.0. The number of carbonyl (C=O) groups excluding carboxylic acids is 1. The Morgan fingerprint density at radius 1 is 1.25 bits per heavy atom. The summed E-state index contributed by atoms with van der Waals surface area (Å²) in [5.41, 5.74) is 7.70. The van der Waals surface area contributed by atoms with Crippen molar-refractivity contribution in [3.05, 3.63) is 53.2 Å². The molecule has 0 saturated carbocycles. The summed E-state index contributed by atoms with van der Waals surface area (Å²) in [6, 6.07) is 11.4. The summed E-state index contributed by atoms with van der Waals surface area (Å²) >= 11 is 5.26. The lowest BCUT2D eigenvalue weighted by Gasteiger charge is -2.30. The molecule has 2 aromatic carbocycles. The monoisotopic (exact) mass is 341 g/mol. The number of nitrogens with two attached hydrogens (primary N) is 1. The number of amides is 1. The fourth-order valence-electron chi connectivity index (χ4n) is 3.08. The number of ether oxygens (including phenoxy) is 1. The largest absolute Gasteiger partial charge is 0.493 e. The van der Waals surface area contributed by atoms with E-state index in [4.69, 9.17) is 22.7 Å². The number of nitrogens with one attached hydrogen (secondary N) is 2. The van der Waals surface area contributed by atoms with Crippen LogP contribution in [0.1, 0.15) is 25.5 Å². The van der Waals surface area contributed by atoms with Gasteiger partial charge in [0.1, 0.15) is 5.75 Å². The van der Waals surface area contributed by atoms with Crippen LogP contribution in [0, 0.1) is 0 Å². The van der Waals surface area contributed by atoms with Crippen molar-refractivity contribution < 1.29 is 9.53 Å². The number of hydrogen-bond acceptors (Lipinski definition) is 3. The second-order valence-corrected chi connectivity index (χ2v) is 5.97. The molecule has 0 radical (unpaired) electrons. The van der Waals surface area contributed by atoms with E-state index in [1.165, 1.54) is 0 Å². The minimum atomic E-state index is -0.474. The molecular formula is C18H19N3O2S. The van der Waals surface area contributed by atoms with Gasteiger partial charge in [-0.25, -0.2) is 0 Å². The van der Waals surface area contributed by atoms with Gasteiger partial charge in [0.2, 0.25) is 5.91 Å². The molecule has 0 aliphatic carbocycles. The smallest absolute Gasteiger partial charge is 0.248 e. The van der Waals surface area contributed by atoms with Crippen molar-refractivity contribution in [1.29, 1.82) is 0 Å². The van der Waals surface area contributed by atoms with E-state index in [9.17, 15) is 4.79 Å². The first-order chi connectivity index (χ1) is 11.5. The number of thiocarbonyl (C=S) groups is 1. The zero-order valence-electron chi connectivity index (χ0n) is 13.6. The van der Waals surface area contributed by atoms with Gasteiger partial charge in [-0.05, 0) is 43.1 Å². The van der Waals surface area contributed by atoms with Crippen LogP contribution in [0.2, 0.25) is 0 Å². The van der Waals surface area contributed by atoms with Crippen LogP contribution in [-0.2, 0) is 4.79 Å². The number of benzene rings is 2. The lowest BCUT2D eigenvalue weighted by molar-refractivity contribution is -0.115. The maximum atomic E-state index is 12.0. The molecule has 6 heteroatoms. The van der Waals surface area contributed by atoms with E-state index in [2.05, 4.69) is 10.6 Å². The molecule has 3 rings (SSSR count). The summed E-state index contributed by atoms with van der Waals surface area (Å²) in [6.45, 7) is 4.34. The average Bonchev–Trinajstić information content (AvgIpc) is 2.54. The summed E-state index contributed by atoms with van der Waals surface area (Å²) in [7, 11) is 0. The summed E-state index contributed by atoms with van der Waals surface area (Å²) in [5.74, 6) is 0.340. The maximum absolute atomic E-state index is 12.0. The number of fused-ring (bicyclic) bond motifs is 1. The Hall–Kier alpha value is -2.60. The predicted molar refractivity (Wildman–Crippen MR) is 98.6 cm³/mol. The Kier molecular flexibility index (Phi) is 4.40. The standard InChI is InChI=1S/C18H19N3O2S/c1-3-23-14-9-8-13(11-6-4-5-7-12(11)14)16-15(17(19)22)10(2)20-18(24)21-16/h4-9,16H,3H2,1-2H3,(H2,19,22)(H2,20,21,24)/t16-/m0/s1. The molecule has 124 valence electrons. The topological polar surface area (TPSA) is 76.4 Å². The number of allylic oxidation sites excluding steroid dienone is 1. The molecule has 1 heterocycles. The quantitative estimate of drug-likeness (QED) is 0.745. The third-order valence-electron chi connectivity index (χ3n) is 4.06. The summed E-state index contributed by atoms with van der Waals surface area (Å²) < 4.78 is 5.72. The highest BCUT2D eigenvalue weighted by atomic mass is 32.1. The third kappa shape index (κ3) is 2.80. The molecule has 2 aromatic rings. The first-order valence-corrected chi connectivity index (χ1v) is 8.16. The van der Waals surface area contributed by atoms with Crippen molar-refractivity contribution in [2.24, 2.45) is 5.73 Å². The SMILES string of the molecule is CCOc1ccc([C@@H]2NC(=S)NC(C)=C2C(N)=O)c2ccccc12. The molecule has 5 nitrogen and oxygen atoms in total.